The minimum Gasteiger partial charge on any atom is -0.474 e. The van der Waals surface area contributed by atoms with Gasteiger partial charge in [0.25, 0.3) is 0 Å². The Hall–Kier alpha value is -2.15. The molecule has 2 saturated carbocycles. The number of pyridine rings is 1. The first-order chi connectivity index (χ1) is 13.0. The van der Waals surface area contributed by atoms with Crippen LogP contribution < -0.4 is 4.74 Å². The zero-order chi connectivity index (χ0) is 18.6. The maximum Gasteiger partial charge on any atom is 0.343 e. The first-order valence-corrected chi connectivity index (χ1v) is 9.89. The van der Waals surface area contributed by atoms with Crippen LogP contribution in [0.1, 0.15) is 62.7 Å². The Morgan fingerprint density at radius 1 is 1.41 bits per heavy atom. The molecule has 144 valence electrons. The van der Waals surface area contributed by atoms with Crippen molar-refractivity contribution < 1.29 is 19.0 Å². The molecule has 0 radical (unpaired) electrons. The van der Waals surface area contributed by atoms with Gasteiger partial charge >= 0.3 is 5.97 Å². The van der Waals surface area contributed by atoms with Crippen LogP contribution in [0.4, 0.5) is 0 Å². The summed E-state index contributed by atoms with van der Waals surface area (Å²) in [5, 5.41) is 5.57. The second kappa shape index (κ2) is 5.92. The van der Waals surface area contributed by atoms with E-state index in [0.717, 1.165) is 43.9 Å². The molecular formula is C20H25N3O4. The molecule has 3 fully saturated rings. The summed E-state index contributed by atoms with van der Waals surface area (Å²) in [5.41, 5.74) is 0.841. The van der Waals surface area contributed by atoms with Gasteiger partial charge in [-0.3, -0.25) is 4.68 Å². The van der Waals surface area contributed by atoms with Crippen LogP contribution in [-0.4, -0.2) is 45.7 Å². The van der Waals surface area contributed by atoms with E-state index in [4.69, 9.17) is 19.3 Å². The minimum absolute atomic E-state index is 0.0415. The highest BCUT2D eigenvalue weighted by molar-refractivity contribution is 5.95. The van der Waals surface area contributed by atoms with Gasteiger partial charge in [-0.15, -0.1) is 0 Å². The lowest BCUT2D eigenvalue weighted by atomic mass is 9.96. The number of carbonyl (C=O) groups excluding carboxylic acids is 1. The molecule has 0 spiro atoms. The number of hydrogen-bond donors (Lipinski definition) is 0. The molecule has 7 heteroatoms. The van der Waals surface area contributed by atoms with E-state index in [9.17, 15) is 4.79 Å². The first kappa shape index (κ1) is 17.0. The van der Waals surface area contributed by atoms with Crippen molar-refractivity contribution in [1.82, 2.24) is 14.8 Å². The van der Waals surface area contributed by atoms with Gasteiger partial charge in [-0.05, 0) is 52.0 Å². The molecule has 2 bridgehead atoms. The van der Waals surface area contributed by atoms with E-state index in [-0.39, 0.29) is 17.2 Å². The van der Waals surface area contributed by atoms with Crippen LogP contribution in [0.5, 0.6) is 5.88 Å². The molecule has 2 aromatic heterocycles. The summed E-state index contributed by atoms with van der Waals surface area (Å²) >= 11 is 0. The van der Waals surface area contributed by atoms with Crippen molar-refractivity contribution in [1.29, 1.82) is 0 Å². The number of hydrogen-bond acceptors (Lipinski definition) is 6. The van der Waals surface area contributed by atoms with Crippen molar-refractivity contribution in [2.45, 2.75) is 69.6 Å². The summed E-state index contributed by atoms with van der Waals surface area (Å²) in [4.78, 5) is 17.0. The van der Waals surface area contributed by atoms with Crippen LogP contribution in [0, 0.1) is 0 Å². The van der Waals surface area contributed by atoms with Gasteiger partial charge in [0.05, 0.1) is 24.4 Å². The van der Waals surface area contributed by atoms with E-state index in [1.165, 1.54) is 0 Å². The van der Waals surface area contributed by atoms with Gasteiger partial charge in [0.2, 0.25) is 5.88 Å². The summed E-state index contributed by atoms with van der Waals surface area (Å²) in [5.74, 6) is -0.0582. The maximum absolute atomic E-state index is 12.4. The van der Waals surface area contributed by atoms with Gasteiger partial charge in [0, 0.05) is 18.0 Å². The maximum atomic E-state index is 12.4. The third-order valence-electron chi connectivity index (χ3n) is 6.28. The quantitative estimate of drug-likeness (QED) is 0.751. The molecule has 5 rings (SSSR count). The second-order valence-corrected chi connectivity index (χ2v) is 8.36. The molecule has 3 heterocycles. The molecule has 7 nitrogen and oxygen atoms in total. The van der Waals surface area contributed by atoms with Gasteiger partial charge < -0.3 is 14.2 Å². The van der Waals surface area contributed by atoms with Gasteiger partial charge in [0.15, 0.2) is 5.65 Å². The van der Waals surface area contributed by atoms with Crippen molar-refractivity contribution >= 4 is 17.0 Å². The molecule has 0 N–H and O–H groups in total. The average molecular weight is 371 g/mol. The third-order valence-corrected chi connectivity index (χ3v) is 6.28. The number of carbonyl (C=O) groups is 1. The molecule has 2 atom stereocenters. The topological polar surface area (TPSA) is 75.5 Å². The summed E-state index contributed by atoms with van der Waals surface area (Å²) in [6, 6.07) is 1.80. The van der Waals surface area contributed by atoms with Crippen LogP contribution >= 0.6 is 0 Å². The largest absolute Gasteiger partial charge is 0.474 e. The molecule has 0 amide bonds. The van der Waals surface area contributed by atoms with Crippen molar-refractivity contribution in [3.05, 3.63) is 17.8 Å². The zero-order valence-electron chi connectivity index (χ0n) is 15.9. The van der Waals surface area contributed by atoms with Crippen molar-refractivity contribution in [3.63, 3.8) is 0 Å². The lowest BCUT2D eigenvalue weighted by Gasteiger charge is -2.26. The SMILES string of the molecule is CCOC(=O)c1cc2cn(C34CCC(C)(C3)OC4)nc2nc1OC1CCC1. The van der Waals surface area contributed by atoms with Crippen LogP contribution in [0.15, 0.2) is 12.3 Å². The van der Waals surface area contributed by atoms with Gasteiger partial charge in [-0.2, -0.15) is 10.1 Å². The molecule has 27 heavy (non-hydrogen) atoms. The van der Waals surface area contributed by atoms with Crippen molar-refractivity contribution in [2.24, 2.45) is 0 Å². The highest BCUT2D eigenvalue weighted by Crippen LogP contribution is 2.51. The highest BCUT2D eigenvalue weighted by Gasteiger charge is 2.55. The van der Waals surface area contributed by atoms with Crippen molar-refractivity contribution in [2.75, 3.05) is 13.2 Å². The number of fused-ring (bicyclic) bond motifs is 3. The van der Waals surface area contributed by atoms with Crippen LogP contribution in [0.25, 0.3) is 11.0 Å². The lowest BCUT2D eigenvalue weighted by Crippen LogP contribution is -2.33. The van der Waals surface area contributed by atoms with E-state index in [1.54, 1.807) is 13.0 Å². The van der Waals surface area contributed by atoms with Gasteiger partial charge in [-0.1, -0.05) is 0 Å². The Labute approximate surface area is 158 Å². The molecule has 1 aliphatic heterocycles. The Bertz CT molecular complexity index is 894. The van der Waals surface area contributed by atoms with E-state index >= 15 is 0 Å². The Morgan fingerprint density at radius 3 is 2.85 bits per heavy atom. The number of esters is 1. The fraction of sp³-hybridized carbons (Fsp3) is 0.650. The predicted octanol–water partition coefficient (Wildman–Crippen LogP) is 3.21. The first-order valence-electron chi connectivity index (χ1n) is 9.89. The summed E-state index contributed by atoms with van der Waals surface area (Å²) in [6.07, 6.45) is 8.31. The molecule has 0 aromatic carbocycles. The predicted molar refractivity (Wildman–Crippen MR) is 97.9 cm³/mol. The van der Waals surface area contributed by atoms with Crippen LogP contribution in [0.3, 0.4) is 0 Å². The fourth-order valence-corrected chi connectivity index (χ4v) is 4.46. The Morgan fingerprint density at radius 2 is 2.26 bits per heavy atom. The molecular weight excluding hydrogens is 346 g/mol. The van der Waals surface area contributed by atoms with E-state index in [1.807, 2.05) is 10.9 Å². The summed E-state index contributed by atoms with van der Waals surface area (Å²) in [6.45, 7) is 4.96. The third kappa shape index (κ3) is 2.71. The normalized spacial score (nSPS) is 29.9. The zero-order valence-corrected chi connectivity index (χ0v) is 15.9. The molecule has 2 aromatic rings. The lowest BCUT2D eigenvalue weighted by molar-refractivity contribution is -0.0149. The summed E-state index contributed by atoms with van der Waals surface area (Å²) < 4.78 is 19.2. The standard InChI is InChI=1S/C20H25N3O4/c1-3-25-18(24)15-9-13-10-23(20-8-7-19(2,11-20)26-12-20)22-16(13)21-17(15)27-14-5-4-6-14/h9-10,14H,3-8,11-12H2,1-2H3. The van der Waals surface area contributed by atoms with Crippen molar-refractivity contribution in [3.8, 4) is 5.88 Å². The minimum atomic E-state index is -0.398. The van der Waals surface area contributed by atoms with Crippen LogP contribution in [0.2, 0.25) is 0 Å². The number of ether oxygens (including phenoxy) is 3. The fourth-order valence-electron chi connectivity index (χ4n) is 4.46. The van der Waals surface area contributed by atoms with E-state index in [2.05, 4.69) is 11.9 Å². The number of aromatic nitrogens is 3. The second-order valence-electron chi connectivity index (χ2n) is 8.36. The summed E-state index contributed by atoms with van der Waals surface area (Å²) in [7, 11) is 0. The smallest absolute Gasteiger partial charge is 0.343 e. The molecule has 1 saturated heterocycles. The highest BCUT2D eigenvalue weighted by atomic mass is 16.5. The Kier molecular flexibility index (Phi) is 3.73. The molecule has 3 aliphatic rings. The van der Waals surface area contributed by atoms with E-state index in [0.29, 0.717) is 30.3 Å². The number of nitrogens with zero attached hydrogens (tertiary/aromatic N) is 3. The van der Waals surface area contributed by atoms with Gasteiger partial charge in [0.1, 0.15) is 11.7 Å². The number of rotatable bonds is 5. The van der Waals surface area contributed by atoms with Crippen LogP contribution in [-0.2, 0) is 15.0 Å². The average Bonchev–Trinajstić information content (AvgIpc) is 3.27. The molecule has 2 unspecified atom stereocenters. The monoisotopic (exact) mass is 371 g/mol. The van der Waals surface area contributed by atoms with E-state index < -0.39 is 5.97 Å². The van der Waals surface area contributed by atoms with Gasteiger partial charge in [-0.25, -0.2) is 4.79 Å². The Balaban J connectivity index is 1.55. The molecule has 2 aliphatic carbocycles.